The highest BCUT2D eigenvalue weighted by Crippen LogP contribution is 2.26. The first kappa shape index (κ1) is 21.0. The second-order valence-electron chi connectivity index (χ2n) is 7.97. The van der Waals surface area contributed by atoms with Gasteiger partial charge in [-0.2, -0.15) is 0 Å². The maximum Gasteiger partial charge on any atom is 0.278 e. The molecule has 0 spiro atoms. The molecule has 1 amide bonds. The highest BCUT2D eigenvalue weighted by Gasteiger charge is 2.18. The lowest BCUT2D eigenvalue weighted by molar-refractivity contribution is -0.116. The molecule has 0 radical (unpaired) electrons. The summed E-state index contributed by atoms with van der Waals surface area (Å²) in [5, 5.41) is 4.30. The number of para-hydroxylation sites is 1. The van der Waals surface area contributed by atoms with Crippen LogP contribution in [0.2, 0.25) is 5.02 Å². The van der Waals surface area contributed by atoms with E-state index in [1.807, 2.05) is 67.6 Å². The quantitative estimate of drug-likeness (QED) is 0.404. The second-order valence-corrected chi connectivity index (χ2v) is 8.41. The zero-order chi connectivity index (χ0) is 22.9. The van der Waals surface area contributed by atoms with Gasteiger partial charge in [-0.05, 0) is 36.2 Å². The molecule has 2 heterocycles. The smallest absolute Gasteiger partial charge is 0.278 e. The molecule has 0 aliphatic carbocycles. The van der Waals surface area contributed by atoms with E-state index in [9.17, 15) is 9.59 Å². The van der Waals surface area contributed by atoms with Gasteiger partial charge in [0.1, 0.15) is 17.6 Å². The summed E-state index contributed by atoms with van der Waals surface area (Å²) in [6.07, 6.45) is 1.57. The van der Waals surface area contributed by atoms with Crippen molar-refractivity contribution in [2.24, 2.45) is 0 Å². The van der Waals surface area contributed by atoms with Crippen molar-refractivity contribution in [3.8, 4) is 0 Å². The van der Waals surface area contributed by atoms with Crippen molar-refractivity contribution in [2.45, 2.75) is 20.0 Å². The first-order chi connectivity index (χ1) is 16.0. The number of aryl methyl sites for hydroxylation is 1. The maximum atomic E-state index is 13.5. The van der Waals surface area contributed by atoms with Crippen LogP contribution in [0.1, 0.15) is 11.1 Å². The van der Waals surface area contributed by atoms with Crippen LogP contribution in [0, 0.1) is 6.92 Å². The molecule has 0 aliphatic rings. The molecule has 33 heavy (non-hydrogen) atoms. The van der Waals surface area contributed by atoms with Crippen LogP contribution in [0.25, 0.3) is 21.9 Å². The summed E-state index contributed by atoms with van der Waals surface area (Å²) in [7, 11) is 0. The van der Waals surface area contributed by atoms with Crippen LogP contribution in [0.3, 0.4) is 0 Å². The van der Waals surface area contributed by atoms with Crippen LogP contribution in [0.15, 0.2) is 83.9 Å². The van der Waals surface area contributed by atoms with Crippen LogP contribution in [0.5, 0.6) is 0 Å². The van der Waals surface area contributed by atoms with Gasteiger partial charge in [-0.25, -0.2) is 4.98 Å². The monoisotopic (exact) mass is 456 g/mol. The molecule has 0 atom stereocenters. The average Bonchev–Trinajstić information content (AvgIpc) is 3.13. The number of nitrogens with one attached hydrogen (secondary N) is 1. The molecule has 7 heteroatoms. The Labute approximate surface area is 195 Å². The standard InChI is InChI=1S/C26H21ClN4O2/c1-17-11-12-19(27)13-21(17)29-23(32)15-31-22-10-6-5-9-20(22)24-25(31)26(33)30(16-28-24)14-18-7-3-2-4-8-18/h2-13,16H,14-15H2,1H3,(H,29,32). The van der Waals surface area contributed by atoms with Gasteiger partial charge in [0.15, 0.2) is 0 Å². The fourth-order valence-corrected chi connectivity index (χ4v) is 4.24. The first-order valence-electron chi connectivity index (χ1n) is 10.6. The molecule has 0 fully saturated rings. The predicted octanol–water partition coefficient (Wildman–Crippen LogP) is 5.00. The third kappa shape index (κ3) is 4.01. The van der Waals surface area contributed by atoms with Crippen molar-refractivity contribution in [3.05, 3.63) is 106 Å². The van der Waals surface area contributed by atoms with Crippen molar-refractivity contribution < 1.29 is 4.79 Å². The van der Waals surface area contributed by atoms with Gasteiger partial charge in [0.25, 0.3) is 5.56 Å². The molecule has 6 nitrogen and oxygen atoms in total. The van der Waals surface area contributed by atoms with E-state index in [0.29, 0.717) is 28.3 Å². The van der Waals surface area contributed by atoms with Gasteiger partial charge in [-0.15, -0.1) is 0 Å². The highest BCUT2D eigenvalue weighted by atomic mass is 35.5. The first-order valence-corrected chi connectivity index (χ1v) is 11.0. The predicted molar refractivity (Wildman–Crippen MR) is 132 cm³/mol. The number of halogens is 1. The summed E-state index contributed by atoms with van der Waals surface area (Å²) in [6, 6.07) is 22.7. The second kappa shape index (κ2) is 8.56. The Morgan fingerprint density at radius 1 is 1.03 bits per heavy atom. The molecule has 5 rings (SSSR count). The third-order valence-corrected chi connectivity index (χ3v) is 5.94. The summed E-state index contributed by atoms with van der Waals surface area (Å²) in [5.74, 6) is -0.249. The minimum atomic E-state index is -0.249. The molecule has 0 saturated heterocycles. The van der Waals surface area contributed by atoms with E-state index in [4.69, 9.17) is 11.6 Å². The Morgan fingerprint density at radius 2 is 1.79 bits per heavy atom. The van der Waals surface area contributed by atoms with Crippen LogP contribution in [0.4, 0.5) is 5.69 Å². The SMILES string of the molecule is Cc1ccc(Cl)cc1NC(=O)Cn1c2ccccc2c2ncn(Cc3ccccc3)c(=O)c21. The highest BCUT2D eigenvalue weighted by molar-refractivity contribution is 6.31. The summed E-state index contributed by atoms with van der Waals surface area (Å²) in [5.41, 5.74) is 4.14. The molecule has 1 N–H and O–H groups in total. The van der Waals surface area contributed by atoms with E-state index < -0.39 is 0 Å². The van der Waals surface area contributed by atoms with Gasteiger partial charge in [0.05, 0.1) is 18.4 Å². The number of fused-ring (bicyclic) bond motifs is 3. The molecule has 164 valence electrons. The van der Waals surface area contributed by atoms with Crippen molar-refractivity contribution in [2.75, 3.05) is 5.32 Å². The lowest BCUT2D eigenvalue weighted by Gasteiger charge is -2.11. The van der Waals surface area contributed by atoms with Gasteiger partial charge in [-0.1, -0.05) is 66.2 Å². The van der Waals surface area contributed by atoms with Crippen LogP contribution >= 0.6 is 11.6 Å². The van der Waals surface area contributed by atoms with Crippen molar-refractivity contribution in [1.82, 2.24) is 14.1 Å². The minimum absolute atomic E-state index is 0.0256. The van der Waals surface area contributed by atoms with Crippen LogP contribution in [-0.2, 0) is 17.9 Å². The lowest BCUT2D eigenvalue weighted by Crippen LogP contribution is -2.25. The van der Waals surface area contributed by atoms with Gasteiger partial charge in [0, 0.05) is 16.1 Å². The summed E-state index contributed by atoms with van der Waals surface area (Å²) in [4.78, 5) is 31.1. The van der Waals surface area contributed by atoms with E-state index in [0.717, 1.165) is 22.0 Å². The number of hydrogen-bond donors (Lipinski definition) is 1. The average molecular weight is 457 g/mol. The summed E-state index contributed by atoms with van der Waals surface area (Å²) >= 11 is 6.10. The molecular weight excluding hydrogens is 436 g/mol. The fraction of sp³-hybridized carbons (Fsp3) is 0.115. The lowest BCUT2D eigenvalue weighted by atomic mass is 10.2. The zero-order valence-corrected chi connectivity index (χ0v) is 18.7. The number of benzene rings is 3. The van der Waals surface area contributed by atoms with Crippen molar-refractivity contribution >= 4 is 45.1 Å². The Balaban J connectivity index is 1.59. The molecule has 5 aromatic rings. The Kier molecular flexibility index (Phi) is 5.44. The van der Waals surface area contributed by atoms with Gasteiger partial charge in [-0.3, -0.25) is 14.2 Å². The number of rotatable bonds is 5. The Bertz CT molecular complexity index is 1550. The minimum Gasteiger partial charge on any atom is -0.325 e. The molecule has 0 saturated carbocycles. The molecule has 0 unspecified atom stereocenters. The third-order valence-electron chi connectivity index (χ3n) is 5.71. The molecule has 0 bridgehead atoms. The normalized spacial score (nSPS) is 11.2. The van der Waals surface area contributed by atoms with Gasteiger partial charge < -0.3 is 9.88 Å². The van der Waals surface area contributed by atoms with E-state index in [1.165, 1.54) is 0 Å². The van der Waals surface area contributed by atoms with E-state index >= 15 is 0 Å². The number of aromatic nitrogens is 3. The maximum absolute atomic E-state index is 13.5. The largest absolute Gasteiger partial charge is 0.325 e. The van der Waals surface area contributed by atoms with Crippen molar-refractivity contribution in [3.63, 3.8) is 0 Å². The van der Waals surface area contributed by atoms with Crippen LogP contribution < -0.4 is 10.9 Å². The number of amides is 1. The van der Waals surface area contributed by atoms with E-state index in [1.54, 1.807) is 27.6 Å². The van der Waals surface area contributed by atoms with Gasteiger partial charge in [0.2, 0.25) is 5.91 Å². The van der Waals surface area contributed by atoms with Crippen molar-refractivity contribution in [1.29, 1.82) is 0 Å². The number of carbonyl (C=O) groups excluding carboxylic acids is 1. The fourth-order valence-electron chi connectivity index (χ4n) is 4.07. The molecular formula is C26H21ClN4O2. The number of hydrogen-bond acceptors (Lipinski definition) is 3. The van der Waals surface area contributed by atoms with E-state index in [-0.39, 0.29) is 18.0 Å². The molecule has 3 aromatic carbocycles. The molecule has 2 aromatic heterocycles. The Morgan fingerprint density at radius 3 is 2.61 bits per heavy atom. The van der Waals surface area contributed by atoms with Gasteiger partial charge >= 0.3 is 0 Å². The zero-order valence-electron chi connectivity index (χ0n) is 18.0. The topological polar surface area (TPSA) is 68.9 Å². The van der Waals surface area contributed by atoms with E-state index in [2.05, 4.69) is 10.3 Å². The number of carbonyl (C=O) groups is 1. The molecule has 0 aliphatic heterocycles. The Hall–Kier alpha value is -3.90. The summed E-state index contributed by atoms with van der Waals surface area (Å²) in [6.45, 7) is 2.28. The number of nitrogens with zero attached hydrogens (tertiary/aromatic N) is 3. The van der Waals surface area contributed by atoms with Crippen LogP contribution in [-0.4, -0.2) is 20.0 Å². The summed E-state index contributed by atoms with van der Waals surface area (Å²) < 4.78 is 3.32. The number of anilines is 1.